The maximum absolute atomic E-state index is 9.85. The Morgan fingerprint density at radius 2 is 1.80 bits per heavy atom. The van der Waals surface area contributed by atoms with E-state index in [4.69, 9.17) is 16.3 Å². The number of likely N-dealkylation sites (tertiary alicyclic amines) is 1. The molecule has 2 aromatic carbocycles. The highest BCUT2D eigenvalue weighted by atomic mass is 35.5. The molecule has 0 unspecified atom stereocenters. The minimum Gasteiger partial charge on any atom is -0.504 e. The molecular weight excluding hydrogens is 336 g/mol. The fourth-order valence-electron chi connectivity index (χ4n) is 3.25. The standard InChI is InChI=1S/C20H25ClN2O2/c1-25-20-7-4-16(12-19(20)24)13-22-18-8-10-23(11-9-18)14-15-2-5-17(21)6-3-15/h2-7,12,18,22,24H,8-11,13-14H2,1H3. The molecule has 2 aromatic rings. The van der Waals surface area contributed by atoms with Crippen molar-refractivity contribution < 1.29 is 9.84 Å². The Bertz CT molecular complexity index is 683. The van der Waals surface area contributed by atoms with Gasteiger partial charge in [0.2, 0.25) is 0 Å². The van der Waals surface area contributed by atoms with Gasteiger partial charge in [-0.15, -0.1) is 0 Å². The number of piperidine rings is 1. The molecule has 0 aliphatic carbocycles. The molecule has 3 rings (SSSR count). The smallest absolute Gasteiger partial charge is 0.160 e. The Hall–Kier alpha value is -1.75. The number of hydrogen-bond donors (Lipinski definition) is 2. The summed E-state index contributed by atoms with van der Waals surface area (Å²) in [6.45, 7) is 3.93. The summed E-state index contributed by atoms with van der Waals surface area (Å²) in [6.07, 6.45) is 2.27. The zero-order valence-corrected chi connectivity index (χ0v) is 15.3. The topological polar surface area (TPSA) is 44.7 Å². The van der Waals surface area contributed by atoms with Gasteiger partial charge in [0.1, 0.15) is 0 Å². The zero-order valence-electron chi connectivity index (χ0n) is 14.5. The van der Waals surface area contributed by atoms with Crippen LogP contribution < -0.4 is 10.1 Å². The summed E-state index contributed by atoms with van der Waals surface area (Å²) >= 11 is 5.94. The van der Waals surface area contributed by atoms with Gasteiger partial charge in [0, 0.05) is 24.2 Å². The minimum atomic E-state index is 0.194. The van der Waals surface area contributed by atoms with Crippen LogP contribution in [0.1, 0.15) is 24.0 Å². The van der Waals surface area contributed by atoms with Crippen LogP contribution in [0.5, 0.6) is 11.5 Å². The molecule has 0 aromatic heterocycles. The van der Waals surface area contributed by atoms with Gasteiger partial charge >= 0.3 is 0 Å². The van der Waals surface area contributed by atoms with E-state index in [1.807, 2.05) is 18.2 Å². The molecule has 5 heteroatoms. The van der Waals surface area contributed by atoms with Crippen LogP contribution in [0.15, 0.2) is 42.5 Å². The second-order valence-electron chi connectivity index (χ2n) is 6.56. The number of nitrogens with zero attached hydrogens (tertiary/aromatic N) is 1. The first-order valence-electron chi connectivity index (χ1n) is 8.70. The number of phenols is 1. The maximum atomic E-state index is 9.85. The molecule has 134 valence electrons. The molecule has 1 saturated heterocycles. The van der Waals surface area contributed by atoms with Crippen LogP contribution >= 0.6 is 11.6 Å². The average Bonchev–Trinajstić information content (AvgIpc) is 2.63. The van der Waals surface area contributed by atoms with Crippen LogP contribution in [0.25, 0.3) is 0 Å². The van der Waals surface area contributed by atoms with E-state index < -0.39 is 0 Å². The van der Waals surface area contributed by atoms with Gasteiger partial charge in [0.05, 0.1) is 7.11 Å². The molecule has 4 nitrogen and oxygen atoms in total. The molecule has 1 fully saturated rings. The Kier molecular flexibility index (Phi) is 6.19. The van der Waals surface area contributed by atoms with E-state index in [9.17, 15) is 5.11 Å². The van der Waals surface area contributed by atoms with Crippen LogP contribution in [0.3, 0.4) is 0 Å². The largest absolute Gasteiger partial charge is 0.504 e. The normalized spacial score (nSPS) is 16.1. The first-order chi connectivity index (χ1) is 12.1. The van der Waals surface area contributed by atoms with E-state index in [1.165, 1.54) is 5.56 Å². The number of hydrogen-bond acceptors (Lipinski definition) is 4. The molecular formula is C20H25ClN2O2. The van der Waals surface area contributed by atoms with Gasteiger partial charge in [-0.2, -0.15) is 0 Å². The Balaban J connectivity index is 1.43. The van der Waals surface area contributed by atoms with Crippen molar-refractivity contribution >= 4 is 11.6 Å². The lowest BCUT2D eigenvalue weighted by molar-refractivity contribution is 0.190. The van der Waals surface area contributed by atoms with Crippen molar-refractivity contribution in [1.82, 2.24) is 10.2 Å². The summed E-state index contributed by atoms with van der Waals surface area (Å²) in [6, 6.07) is 14.2. The molecule has 25 heavy (non-hydrogen) atoms. The third-order valence-electron chi connectivity index (χ3n) is 4.75. The van der Waals surface area contributed by atoms with Crippen molar-refractivity contribution in [1.29, 1.82) is 0 Å². The molecule has 0 atom stereocenters. The molecule has 2 N–H and O–H groups in total. The molecule has 0 radical (unpaired) electrons. The number of phenolic OH excluding ortho intramolecular Hbond substituents is 1. The average molecular weight is 361 g/mol. The number of halogens is 1. The summed E-state index contributed by atoms with van der Waals surface area (Å²) in [5, 5.41) is 14.2. The number of methoxy groups -OCH3 is 1. The highest BCUT2D eigenvalue weighted by Crippen LogP contribution is 2.26. The van der Waals surface area contributed by atoms with Crippen LogP contribution in [0.4, 0.5) is 0 Å². The fourth-order valence-corrected chi connectivity index (χ4v) is 3.38. The van der Waals surface area contributed by atoms with Crippen molar-refractivity contribution in [3.05, 3.63) is 58.6 Å². The number of aromatic hydroxyl groups is 1. The lowest BCUT2D eigenvalue weighted by Crippen LogP contribution is -2.41. The summed E-state index contributed by atoms with van der Waals surface area (Å²) in [5.41, 5.74) is 2.38. The third kappa shape index (κ3) is 5.11. The molecule has 0 amide bonds. The van der Waals surface area contributed by atoms with E-state index in [0.29, 0.717) is 11.8 Å². The van der Waals surface area contributed by atoms with Crippen molar-refractivity contribution in [2.75, 3.05) is 20.2 Å². The van der Waals surface area contributed by atoms with Crippen molar-refractivity contribution in [2.24, 2.45) is 0 Å². The van der Waals surface area contributed by atoms with Gasteiger partial charge in [0.25, 0.3) is 0 Å². The van der Waals surface area contributed by atoms with Crippen LogP contribution in [0.2, 0.25) is 5.02 Å². The van der Waals surface area contributed by atoms with Crippen molar-refractivity contribution in [2.45, 2.75) is 32.0 Å². The van der Waals surface area contributed by atoms with Crippen molar-refractivity contribution in [3.8, 4) is 11.5 Å². The van der Waals surface area contributed by atoms with Crippen LogP contribution in [-0.2, 0) is 13.1 Å². The zero-order chi connectivity index (χ0) is 17.6. The number of rotatable bonds is 6. The van der Waals surface area contributed by atoms with E-state index in [0.717, 1.165) is 49.6 Å². The summed E-state index contributed by atoms with van der Waals surface area (Å²) in [5.74, 6) is 0.707. The quantitative estimate of drug-likeness (QED) is 0.822. The Morgan fingerprint density at radius 3 is 2.44 bits per heavy atom. The van der Waals surface area contributed by atoms with Crippen molar-refractivity contribution in [3.63, 3.8) is 0 Å². The van der Waals surface area contributed by atoms with E-state index >= 15 is 0 Å². The predicted molar refractivity (Wildman–Crippen MR) is 101 cm³/mol. The van der Waals surface area contributed by atoms with Crippen LogP contribution in [0, 0.1) is 0 Å². The predicted octanol–water partition coefficient (Wildman–Crippen LogP) is 3.81. The molecule has 1 heterocycles. The van der Waals surface area contributed by atoms with Gasteiger partial charge in [-0.1, -0.05) is 29.8 Å². The molecule has 1 aliphatic heterocycles. The third-order valence-corrected chi connectivity index (χ3v) is 5.00. The van der Waals surface area contributed by atoms with Gasteiger partial charge in [-0.25, -0.2) is 0 Å². The number of ether oxygens (including phenoxy) is 1. The van der Waals surface area contributed by atoms with E-state index in [1.54, 1.807) is 19.2 Å². The first kappa shape index (κ1) is 18.1. The summed E-state index contributed by atoms with van der Waals surface area (Å²) in [4.78, 5) is 2.49. The number of benzene rings is 2. The fraction of sp³-hybridized carbons (Fsp3) is 0.400. The lowest BCUT2D eigenvalue weighted by Gasteiger charge is -2.32. The Labute approximate surface area is 154 Å². The molecule has 0 saturated carbocycles. The second kappa shape index (κ2) is 8.56. The van der Waals surface area contributed by atoms with Gasteiger partial charge in [-0.05, 0) is 61.3 Å². The van der Waals surface area contributed by atoms with Gasteiger partial charge in [0.15, 0.2) is 11.5 Å². The van der Waals surface area contributed by atoms with Gasteiger partial charge < -0.3 is 15.2 Å². The number of nitrogens with one attached hydrogen (secondary N) is 1. The lowest BCUT2D eigenvalue weighted by atomic mass is 10.0. The van der Waals surface area contributed by atoms with E-state index in [2.05, 4.69) is 22.3 Å². The first-order valence-corrected chi connectivity index (χ1v) is 9.08. The monoisotopic (exact) mass is 360 g/mol. The molecule has 0 spiro atoms. The highest BCUT2D eigenvalue weighted by Gasteiger charge is 2.18. The minimum absolute atomic E-state index is 0.194. The van der Waals surface area contributed by atoms with Crippen LogP contribution in [-0.4, -0.2) is 36.2 Å². The maximum Gasteiger partial charge on any atom is 0.160 e. The molecule has 0 bridgehead atoms. The summed E-state index contributed by atoms with van der Waals surface area (Å²) in [7, 11) is 1.56. The Morgan fingerprint density at radius 1 is 1.12 bits per heavy atom. The SMILES string of the molecule is COc1ccc(CNC2CCN(Cc3ccc(Cl)cc3)CC2)cc1O. The van der Waals surface area contributed by atoms with Gasteiger partial charge in [-0.3, -0.25) is 4.90 Å². The molecule has 1 aliphatic rings. The highest BCUT2D eigenvalue weighted by molar-refractivity contribution is 6.30. The second-order valence-corrected chi connectivity index (χ2v) is 7.00. The van der Waals surface area contributed by atoms with E-state index in [-0.39, 0.29) is 5.75 Å². The summed E-state index contributed by atoms with van der Waals surface area (Å²) < 4.78 is 5.08.